The molecule has 3 heteroatoms. The minimum Gasteiger partial charge on any atom is -0.385 e. The summed E-state index contributed by atoms with van der Waals surface area (Å²) in [5.74, 6) is -0.289. The van der Waals surface area contributed by atoms with Crippen molar-refractivity contribution < 1.29 is 14.2 Å². The summed E-state index contributed by atoms with van der Waals surface area (Å²) in [4.78, 5) is 0. The van der Waals surface area contributed by atoms with Gasteiger partial charge < -0.3 is 9.84 Å². The monoisotopic (exact) mass is 252 g/mol. The molecule has 0 aromatic heterocycles. The topological polar surface area (TPSA) is 29.5 Å². The molecule has 0 aliphatic carbocycles. The highest BCUT2D eigenvalue weighted by Gasteiger charge is 2.37. The standard InChI is InChI=1S/C15H21FO2/c1-3-4-13-10-15(17,7-8-18-13)14-9-12(16)6-5-11(14)2/h5-6,9,13,17H,3-4,7-8,10H2,1-2H3. The van der Waals surface area contributed by atoms with Gasteiger partial charge in [-0.3, -0.25) is 0 Å². The minimum absolute atomic E-state index is 0.0800. The Kier molecular flexibility index (Phi) is 4.03. The van der Waals surface area contributed by atoms with Crippen LogP contribution in [0.15, 0.2) is 18.2 Å². The van der Waals surface area contributed by atoms with E-state index in [2.05, 4.69) is 6.92 Å². The normalized spacial score (nSPS) is 28.3. The molecule has 1 fully saturated rings. The predicted octanol–water partition coefficient (Wildman–Crippen LogP) is 3.30. The maximum atomic E-state index is 13.4. The smallest absolute Gasteiger partial charge is 0.123 e. The molecule has 1 N–H and O–H groups in total. The molecule has 2 nitrogen and oxygen atoms in total. The molecule has 18 heavy (non-hydrogen) atoms. The molecule has 0 radical (unpaired) electrons. The summed E-state index contributed by atoms with van der Waals surface area (Å²) < 4.78 is 19.0. The predicted molar refractivity (Wildman–Crippen MR) is 68.9 cm³/mol. The van der Waals surface area contributed by atoms with Crippen molar-refractivity contribution in [3.8, 4) is 0 Å². The number of rotatable bonds is 3. The van der Waals surface area contributed by atoms with Crippen molar-refractivity contribution in [3.05, 3.63) is 35.1 Å². The Balaban J connectivity index is 2.26. The fourth-order valence-electron chi connectivity index (χ4n) is 2.78. The quantitative estimate of drug-likeness (QED) is 0.894. The first-order chi connectivity index (χ1) is 8.55. The first-order valence-corrected chi connectivity index (χ1v) is 6.66. The van der Waals surface area contributed by atoms with E-state index in [-0.39, 0.29) is 11.9 Å². The van der Waals surface area contributed by atoms with Crippen LogP contribution in [0.4, 0.5) is 4.39 Å². The molecule has 1 aliphatic heterocycles. The van der Waals surface area contributed by atoms with Crippen molar-refractivity contribution in [1.29, 1.82) is 0 Å². The van der Waals surface area contributed by atoms with Crippen molar-refractivity contribution in [3.63, 3.8) is 0 Å². The fourth-order valence-corrected chi connectivity index (χ4v) is 2.78. The molecule has 0 amide bonds. The second kappa shape index (κ2) is 5.37. The van der Waals surface area contributed by atoms with Crippen molar-refractivity contribution in [2.24, 2.45) is 0 Å². The molecule has 1 aromatic rings. The minimum atomic E-state index is -0.940. The van der Waals surface area contributed by atoms with Crippen LogP contribution in [-0.2, 0) is 10.3 Å². The van der Waals surface area contributed by atoms with Gasteiger partial charge in [0.15, 0.2) is 0 Å². The summed E-state index contributed by atoms with van der Waals surface area (Å²) in [6.07, 6.45) is 3.15. The highest BCUT2D eigenvalue weighted by molar-refractivity contribution is 5.32. The summed E-state index contributed by atoms with van der Waals surface area (Å²) >= 11 is 0. The molecule has 1 aromatic carbocycles. The number of aryl methyl sites for hydroxylation is 1. The molecule has 2 unspecified atom stereocenters. The Hall–Kier alpha value is -0.930. The van der Waals surface area contributed by atoms with Crippen molar-refractivity contribution in [2.75, 3.05) is 6.61 Å². The van der Waals surface area contributed by atoms with Crippen LogP contribution in [0.2, 0.25) is 0 Å². The average molecular weight is 252 g/mol. The van der Waals surface area contributed by atoms with Crippen molar-refractivity contribution in [2.45, 2.75) is 51.2 Å². The zero-order chi connectivity index (χ0) is 13.2. The van der Waals surface area contributed by atoms with Crippen LogP contribution < -0.4 is 0 Å². The third-order valence-corrected chi connectivity index (χ3v) is 3.75. The molecule has 1 saturated heterocycles. The number of ether oxygens (including phenoxy) is 1. The molecule has 0 spiro atoms. The number of benzene rings is 1. The number of halogens is 1. The summed E-state index contributed by atoms with van der Waals surface area (Å²) in [6.45, 7) is 4.55. The molecule has 2 atom stereocenters. The van der Waals surface area contributed by atoms with Crippen molar-refractivity contribution >= 4 is 0 Å². The van der Waals surface area contributed by atoms with Gasteiger partial charge in [-0.25, -0.2) is 4.39 Å². The maximum absolute atomic E-state index is 13.4. The first kappa shape index (κ1) is 13.5. The molecule has 100 valence electrons. The average Bonchev–Trinajstić information content (AvgIpc) is 2.33. The van der Waals surface area contributed by atoms with Gasteiger partial charge in [0.25, 0.3) is 0 Å². The maximum Gasteiger partial charge on any atom is 0.123 e. The lowest BCUT2D eigenvalue weighted by Crippen LogP contribution is -2.39. The number of hydrogen-bond donors (Lipinski definition) is 1. The molecular weight excluding hydrogens is 231 g/mol. The van der Waals surface area contributed by atoms with Gasteiger partial charge in [-0.15, -0.1) is 0 Å². The Morgan fingerprint density at radius 3 is 3.00 bits per heavy atom. The summed E-state index contributed by atoms with van der Waals surface area (Å²) in [7, 11) is 0. The van der Waals surface area contributed by atoms with E-state index in [9.17, 15) is 9.50 Å². The Bertz CT molecular complexity index is 417. The van der Waals surface area contributed by atoms with E-state index in [1.165, 1.54) is 12.1 Å². The lowest BCUT2D eigenvalue weighted by Gasteiger charge is -2.38. The van der Waals surface area contributed by atoms with Crippen LogP contribution in [0, 0.1) is 12.7 Å². The highest BCUT2D eigenvalue weighted by atomic mass is 19.1. The lowest BCUT2D eigenvalue weighted by molar-refractivity contribution is -0.110. The number of aliphatic hydroxyl groups is 1. The van der Waals surface area contributed by atoms with E-state index in [0.717, 1.165) is 18.4 Å². The van der Waals surface area contributed by atoms with Crippen LogP contribution in [0.5, 0.6) is 0 Å². The van der Waals surface area contributed by atoms with E-state index in [1.807, 2.05) is 6.92 Å². The van der Waals surface area contributed by atoms with E-state index in [0.29, 0.717) is 25.0 Å². The molecule has 1 aliphatic rings. The zero-order valence-corrected chi connectivity index (χ0v) is 11.1. The van der Waals surface area contributed by atoms with Gasteiger partial charge in [-0.05, 0) is 36.6 Å². The third-order valence-electron chi connectivity index (χ3n) is 3.75. The van der Waals surface area contributed by atoms with Gasteiger partial charge in [0.1, 0.15) is 5.82 Å². The van der Waals surface area contributed by atoms with Crippen LogP contribution in [0.25, 0.3) is 0 Å². The Labute approximate surface area is 108 Å². The zero-order valence-electron chi connectivity index (χ0n) is 11.1. The largest absolute Gasteiger partial charge is 0.385 e. The molecule has 0 saturated carbocycles. The summed E-state index contributed by atoms with van der Waals surface area (Å²) in [5.41, 5.74) is 0.715. The van der Waals surface area contributed by atoms with E-state index in [4.69, 9.17) is 4.74 Å². The Morgan fingerprint density at radius 2 is 2.28 bits per heavy atom. The SMILES string of the molecule is CCCC1CC(O)(c2cc(F)ccc2C)CCO1. The highest BCUT2D eigenvalue weighted by Crippen LogP contribution is 2.37. The molecule has 0 bridgehead atoms. The van der Waals surface area contributed by atoms with E-state index < -0.39 is 5.60 Å². The van der Waals surface area contributed by atoms with E-state index >= 15 is 0 Å². The number of hydrogen-bond acceptors (Lipinski definition) is 2. The van der Waals surface area contributed by atoms with Gasteiger partial charge in [-0.2, -0.15) is 0 Å². The van der Waals surface area contributed by atoms with Crippen LogP contribution in [0.3, 0.4) is 0 Å². The summed E-state index contributed by atoms with van der Waals surface area (Å²) in [5, 5.41) is 10.8. The van der Waals surface area contributed by atoms with Crippen LogP contribution in [0.1, 0.15) is 43.7 Å². The van der Waals surface area contributed by atoms with Crippen molar-refractivity contribution in [1.82, 2.24) is 0 Å². The molecular formula is C15H21FO2. The van der Waals surface area contributed by atoms with E-state index in [1.54, 1.807) is 6.07 Å². The Morgan fingerprint density at radius 1 is 1.50 bits per heavy atom. The van der Waals surface area contributed by atoms with Gasteiger partial charge >= 0.3 is 0 Å². The second-order valence-electron chi connectivity index (χ2n) is 5.23. The first-order valence-electron chi connectivity index (χ1n) is 6.66. The second-order valence-corrected chi connectivity index (χ2v) is 5.23. The molecule has 2 rings (SSSR count). The third kappa shape index (κ3) is 2.73. The molecule has 1 heterocycles. The summed E-state index contributed by atoms with van der Waals surface area (Å²) in [6, 6.07) is 4.63. The van der Waals surface area contributed by atoms with Gasteiger partial charge in [0.2, 0.25) is 0 Å². The van der Waals surface area contributed by atoms with Crippen LogP contribution in [-0.4, -0.2) is 17.8 Å². The fraction of sp³-hybridized carbons (Fsp3) is 0.600. The lowest BCUT2D eigenvalue weighted by atomic mass is 9.81. The van der Waals surface area contributed by atoms with Gasteiger partial charge in [-0.1, -0.05) is 19.4 Å². The van der Waals surface area contributed by atoms with Gasteiger partial charge in [0.05, 0.1) is 18.3 Å². The van der Waals surface area contributed by atoms with Crippen LogP contribution >= 0.6 is 0 Å². The van der Waals surface area contributed by atoms with Gasteiger partial charge in [0, 0.05) is 12.8 Å².